The minimum atomic E-state index is -0.402. The molecule has 0 spiro atoms. The van der Waals surface area contributed by atoms with Gasteiger partial charge in [0.05, 0.1) is 11.6 Å². The van der Waals surface area contributed by atoms with Crippen LogP contribution in [0.4, 0.5) is 5.69 Å². The first-order chi connectivity index (χ1) is 14.6. The number of amides is 3. The third kappa shape index (κ3) is 4.17. The number of hydrogen-bond donors (Lipinski definition) is 2. The molecule has 0 saturated carbocycles. The molecule has 0 aliphatic carbocycles. The molecule has 1 aliphatic heterocycles. The number of nitrogens with zero attached hydrogens (tertiary/aromatic N) is 1. The molecule has 6 nitrogen and oxygen atoms in total. The smallest absolute Gasteiger partial charge is 0.251 e. The lowest BCUT2D eigenvalue weighted by molar-refractivity contribution is -0.126. The van der Waals surface area contributed by atoms with Gasteiger partial charge in [0.1, 0.15) is 0 Å². The van der Waals surface area contributed by atoms with Crippen molar-refractivity contribution in [3.8, 4) is 0 Å². The van der Waals surface area contributed by atoms with Crippen molar-refractivity contribution in [3.63, 3.8) is 0 Å². The van der Waals surface area contributed by atoms with Crippen LogP contribution in [0.25, 0.3) is 10.8 Å². The van der Waals surface area contributed by atoms with Crippen molar-refractivity contribution in [2.24, 2.45) is 5.92 Å². The predicted octanol–water partition coefficient (Wildman–Crippen LogP) is 2.74. The summed E-state index contributed by atoms with van der Waals surface area (Å²) < 4.78 is 0. The molecule has 1 fully saturated rings. The molecule has 3 aromatic rings. The predicted molar refractivity (Wildman–Crippen MR) is 116 cm³/mol. The van der Waals surface area contributed by atoms with E-state index in [9.17, 15) is 14.4 Å². The lowest BCUT2D eigenvalue weighted by atomic mass is 10.1. The molecule has 1 aliphatic rings. The number of nitrogens with one attached hydrogen (secondary N) is 2. The van der Waals surface area contributed by atoms with E-state index in [0.717, 1.165) is 16.5 Å². The Kier molecular flexibility index (Phi) is 5.75. The molecular weight excluding hydrogens is 378 g/mol. The van der Waals surface area contributed by atoms with Gasteiger partial charge < -0.3 is 15.5 Å². The van der Waals surface area contributed by atoms with Crippen LogP contribution in [-0.2, 0) is 9.59 Å². The second-order valence-corrected chi connectivity index (χ2v) is 7.32. The number of carbonyl (C=O) groups excluding carboxylic acids is 3. The molecule has 0 aromatic heterocycles. The van der Waals surface area contributed by atoms with Crippen molar-refractivity contribution in [2.75, 3.05) is 24.5 Å². The highest BCUT2D eigenvalue weighted by atomic mass is 16.2. The van der Waals surface area contributed by atoms with E-state index in [1.807, 2.05) is 48.5 Å². The van der Waals surface area contributed by atoms with E-state index in [2.05, 4.69) is 10.6 Å². The highest BCUT2D eigenvalue weighted by Gasteiger charge is 2.35. The zero-order valence-corrected chi connectivity index (χ0v) is 16.5. The fourth-order valence-electron chi connectivity index (χ4n) is 3.76. The highest BCUT2D eigenvalue weighted by molar-refractivity contribution is 6.07. The molecule has 1 atom stereocenters. The van der Waals surface area contributed by atoms with Crippen LogP contribution >= 0.6 is 0 Å². The summed E-state index contributed by atoms with van der Waals surface area (Å²) in [5, 5.41) is 7.66. The van der Waals surface area contributed by atoms with E-state index < -0.39 is 5.92 Å². The maximum absolute atomic E-state index is 12.6. The zero-order chi connectivity index (χ0) is 20.9. The Bertz CT molecular complexity index is 1080. The summed E-state index contributed by atoms with van der Waals surface area (Å²) in [6.45, 7) is 0.999. The van der Waals surface area contributed by atoms with Gasteiger partial charge in [-0.3, -0.25) is 14.4 Å². The summed E-state index contributed by atoms with van der Waals surface area (Å²) in [7, 11) is 0. The van der Waals surface area contributed by atoms with Gasteiger partial charge in [0.2, 0.25) is 11.8 Å². The monoisotopic (exact) mass is 401 g/mol. The van der Waals surface area contributed by atoms with Gasteiger partial charge in [-0.15, -0.1) is 0 Å². The van der Waals surface area contributed by atoms with E-state index in [1.54, 1.807) is 29.2 Å². The Hall–Kier alpha value is -3.67. The first kappa shape index (κ1) is 19.6. The normalized spacial score (nSPS) is 15.9. The van der Waals surface area contributed by atoms with Gasteiger partial charge >= 0.3 is 0 Å². The van der Waals surface area contributed by atoms with E-state index in [0.29, 0.717) is 25.2 Å². The number of anilines is 1. The minimum Gasteiger partial charge on any atom is -0.354 e. The number of rotatable bonds is 6. The van der Waals surface area contributed by atoms with E-state index in [1.165, 1.54) is 0 Å². The Morgan fingerprint density at radius 2 is 1.57 bits per heavy atom. The summed E-state index contributed by atoms with van der Waals surface area (Å²) in [5.74, 6) is -0.798. The van der Waals surface area contributed by atoms with E-state index in [-0.39, 0.29) is 24.1 Å². The molecule has 3 aromatic carbocycles. The fraction of sp³-hybridized carbons (Fsp3) is 0.208. The molecule has 0 bridgehead atoms. The van der Waals surface area contributed by atoms with Crippen molar-refractivity contribution in [1.29, 1.82) is 0 Å². The summed E-state index contributed by atoms with van der Waals surface area (Å²) >= 11 is 0. The lowest BCUT2D eigenvalue weighted by Crippen LogP contribution is -2.38. The fourth-order valence-corrected chi connectivity index (χ4v) is 3.76. The molecule has 6 heteroatoms. The third-order valence-electron chi connectivity index (χ3n) is 5.30. The first-order valence-corrected chi connectivity index (χ1v) is 10.0. The molecule has 3 amide bonds. The standard InChI is InChI=1S/C24H23N3O3/c28-22-15-19(16-27(22)21-12-6-10-17-7-4-5-11-20(17)21)24(30)26-14-13-25-23(29)18-8-2-1-3-9-18/h1-12,19H,13-16H2,(H,25,29)(H,26,30). The van der Waals surface area contributed by atoms with Gasteiger partial charge in [-0.25, -0.2) is 0 Å². The van der Waals surface area contributed by atoms with Crippen molar-refractivity contribution in [1.82, 2.24) is 10.6 Å². The topological polar surface area (TPSA) is 78.5 Å². The average Bonchev–Trinajstić information content (AvgIpc) is 3.18. The quantitative estimate of drug-likeness (QED) is 0.624. The van der Waals surface area contributed by atoms with Crippen LogP contribution in [0.3, 0.4) is 0 Å². The van der Waals surface area contributed by atoms with Crippen LogP contribution in [0, 0.1) is 5.92 Å². The largest absolute Gasteiger partial charge is 0.354 e. The maximum atomic E-state index is 12.6. The molecule has 1 saturated heterocycles. The average molecular weight is 401 g/mol. The van der Waals surface area contributed by atoms with Gasteiger partial charge in [0.25, 0.3) is 5.91 Å². The Morgan fingerprint density at radius 3 is 2.40 bits per heavy atom. The first-order valence-electron chi connectivity index (χ1n) is 10.0. The molecule has 1 unspecified atom stereocenters. The molecular formula is C24H23N3O3. The van der Waals surface area contributed by atoms with Crippen LogP contribution in [-0.4, -0.2) is 37.4 Å². The van der Waals surface area contributed by atoms with Gasteiger partial charge in [0.15, 0.2) is 0 Å². The summed E-state index contributed by atoms with van der Waals surface area (Å²) in [5.41, 5.74) is 1.42. The molecule has 30 heavy (non-hydrogen) atoms. The van der Waals surface area contributed by atoms with Gasteiger partial charge in [0, 0.05) is 37.0 Å². The van der Waals surface area contributed by atoms with Crippen LogP contribution < -0.4 is 15.5 Å². The Morgan fingerprint density at radius 1 is 0.867 bits per heavy atom. The van der Waals surface area contributed by atoms with Crippen molar-refractivity contribution in [3.05, 3.63) is 78.4 Å². The molecule has 0 radical (unpaired) electrons. The summed E-state index contributed by atoms with van der Waals surface area (Å²) in [4.78, 5) is 38.9. The van der Waals surface area contributed by atoms with Crippen LogP contribution in [0.5, 0.6) is 0 Å². The SMILES string of the molecule is O=C(NCCNC(=O)C1CC(=O)N(c2cccc3ccccc23)C1)c1ccccc1. The van der Waals surface area contributed by atoms with E-state index in [4.69, 9.17) is 0 Å². The number of fused-ring (bicyclic) bond motifs is 1. The van der Waals surface area contributed by atoms with E-state index >= 15 is 0 Å². The van der Waals surface area contributed by atoms with Gasteiger partial charge in [-0.2, -0.15) is 0 Å². The third-order valence-corrected chi connectivity index (χ3v) is 5.30. The molecule has 152 valence electrons. The van der Waals surface area contributed by atoms with Crippen molar-refractivity contribution >= 4 is 34.2 Å². The Labute approximate surface area is 174 Å². The van der Waals surface area contributed by atoms with Crippen LogP contribution in [0.1, 0.15) is 16.8 Å². The van der Waals surface area contributed by atoms with Gasteiger partial charge in [-0.1, -0.05) is 54.6 Å². The van der Waals surface area contributed by atoms with Crippen molar-refractivity contribution < 1.29 is 14.4 Å². The Balaban J connectivity index is 1.31. The molecule has 2 N–H and O–H groups in total. The highest BCUT2D eigenvalue weighted by Crippen LogP contribution is 2.31. The molecule has 4 rings (SSSR count). The number of benzene rings is 3. The minimum absolute atomic E-state index is 0.0520. The number of carbonyl (C=O) groups is 3. The van der Waals surface area contributed by atoms with Gasteiger partial charge in [-0.05, 0) is 23.6 Å². The lowest BCUT2D eigenvalue weighted by Gasteiger charge is -2.19. The summed E-state index contributed by atoms with van der Waals surface area (Å²) in [6.07, 6.45) is 0.186. The number of hydrogen-bond acceptors (Lipinski definition) is 3. The molecule has 1 heterocycles. The second-order valence-electron chi connectivity index (χ2n) is 7.32. The van der Waals surface area contributed by atoms with Crippen molar-refractivity contribution in [2.45, 2.75) is 6.42 Å². The summed E-state index contributed by atoms with van der Waals surface area (Å²) in [6, 6.07) is 22.7. The maximum Gasteiger partial charge on any atom is 0.251 e. The second kappa shape index (κ2) is 8.78. The zero-order valence-electron chi connectivity index (χ0n) is 16.5. The van der Waals surface area contributed by atoms with Crippen LogP contribution in [0.2, 0.25) is 0 Å². The van der Waals surface area contributed by atoms with Crippen LogP contribution in [0.15, 0.2) is 72.8 Å².